The quantitative estimate of drug-likeness (QED) is 0.577. The van der Waals surface area contributed by atoms with Gasteiger partial charge in [0.1, 0.15) is 5.54 Å². The molecule has 0 aromatic rings. The second-order valence-corrected chi connectivity index (χ2v) is 4.36. The number of hydrogen-bond donors (Lipinski definition) is 2. The van der Waals surface area contributed by atoms with Crippen LogP contribution in [0, 0.1) is 0 Å². The van der Waals surface area contributed by atoms with Gasteiger partial charge in [-0.3, -0.25) is 9.69 Å². The van der Waals surface area contributed by atoms with Crippen molar-refractivity contribution in [3.05, 3.63) is 0 Å². The molecule has 0 aromatic carbocycles. The molecule has 1 saturated heterocycles. The average Bonchev–Trinajstić information content (AvgIpc) is 2.08. The third-order valence-electron chi connectivity index (χ3n) is 2.71. The van der Waals surface area contributed by atoms with Crippen LogP contribution in [0.25, 0.3) is 0 Å². The van der Waals surface area contributed by atoms with Gasteiger partial charge in [-0.2, -0.15) is 0 Å². The molecule has 0 aromatic heterocycles. The van der Waals surface area contributed by atoms with Crippen molar-refractivity contribution in [3.63, 3.8) is 0 Å². The molecule has 4 N–H and O–H groups in total. The second kappa shape index (κ2) is 4.25. The molecule has 1 unspecified atom stereocenters. The van der Waals surface area contributed by atoms with Crippen LogP contribution >= 0.6 is 0 Å². The minimum absolute atomic E-state index is 0.434. The molecule has 0 saturated carbocycles. The largest absolute Gasteiger partial charge is 0.368 e. The number of nitrogens with zero attached hydrogens (tertiary/aromatic N) is 2. The molecule has 0 aliphatic carbocycles. The number of primary amides is 1. The first-order valence-electron chi connectivity index (χ1n) is 4.91. The first-order chi connectivity index (χ1) is 6.42. The monoisotopic (exact) mass is 200 g/mol. The maximum absolute atomic E-state index is 11.0. The minimum atomic E-state index is -0.907. The summed E-state index contributed by atoms with van der Waals surface area (Å²) in [5, 5.41) is 0. The lowest BCUT2D eigenvalue weighted by Gasteiger charge is -2.36. The highest BCUT2D eigenvalue weighted by atomic mass is 16.1. The Morgan fingerprint density at radius 3 is 2.29 bits per heavy atom. The molecule has 0 radical (unpaired) electrons. The van der Waals surface area contributed by atoms with Gasteiger partial charge in [-0.1, -0.05) is 0 Å². The summed E-state index contributed by atoms with van der Waals surface area (Å²) in [6.45, 7) is 6.20. The number of amides is 1. The average molecular weight is 200 g/mol. The highest BCUT2D eigenvalue weighted by Crippen LogP contribution is 2.05. The van der Waals surface area contributed by atoms with Gasteiger partial charge in [0.05, 0.1) is 0 Å². The molecule has 5 heteroatoms. The van der Waals surface area contributed by atoms with E-state index in [1.54, 1.807) is 6.92 Å². The van der Waals surface area contributed by atoms with E-state index < -0.39 is 11.4 Å². The second-order valence-electron chi connectivity index (χ2n) is 4.36. The van der Waals surface area contributed by atoms with Gasteiger partial charge in [0.25, 0.3) is 0 Å². The van der Waals surface area contributed by atoms with Gasteiger partial charge in [0.2, 0.25) is 5.91 Å². The number of carbonyl (C=O) groups excluding carboxylic acids is 1. The van der Waals surface area contributed by atoms with Crippen molar-refractivity contribution in [2.45, 2.75) is 12.5 Å². The molecule has 1 aliphatic heterocycles. The maximum Gasteiger partial charge on any atom is 0.238 e. The van der Waals surface area contributed by atoms with Gasteiger partial charge in [-0.15, -0.1) is 0 Å². The van der Waals surface area contributed by atoms with E-state index in [-0.39, 0.29) is 0 Å². The molecule has 14 heavy (non-hydrogen) atoms. The zero-order chi connectivity index (χ0) is 10.8. The summed E-state index contributed by atoms with van der Waals surface area (Å²) < 4.78 is 0. The number of likely N-dealkylation sites (N-methyl/N-ethyl adjacent to an activating group) is 1. The van der Waals surface area contributed by atoms with Crippen LogP contribution in [0.5, 0.6) is 0 Å². The molecule has 1 atom stereocenters. The van der Waals surface area contributed by atoms with E-state index in [2.05, 4.69) is 16.8 Å². The van der Waals surface area contributed by atoms with Crippen molar-refractivity contribution >= 4 is 5.91 Å². The molecule has 0 spiro atoms. The molecule has 1 aliphatic rings. The van der Waals surface area contributed by atoms with E-state index in [0.29, 0.717) is 6.54 Å². The lowest BCUT2D eigenvalue weighted by molar-refractivity contribution is -0.123. The van der Waals surface area contributed by atoms with Gasteiger partial charge >= 0.3 is 0 Å². The van der Waals surface area contributed by atoms with E-state index in [9.17, 15) is 4.79 Å². The van der Waals surface area contributed by atoms with Crippen LogP contribution in [0.1, 0.15) is 6.92 Å². The number of piperazine rings is 1. The Morgan fingerprint density at radius 1 is 1.36 bits per heavy atom. The van der Waals surface area contributed by atoms with Crippen molar-refractivity contribution in [2.24, 2.45) is 11.5 Å². The Balaban J connectivity index is 2.41. The lowest BCUT2D eigenvalue weighted by Crippen LogP contribution is -2.59. The molecule has 1 rings (SSSR count). The van der Waals surface area contributed by atoms with E-state index >= 15 is 0 Å². The first kappa shape index (κ1) is 11.4. The predicted molar refractivity (Wildman–Crippen MR) is 55.7 cm³/mol. The van der Waals surface area contributed by atoms with E-state index in [1.165, 1.54) is 0 Å². The summed E-state index contributed by atoms with van der Waals surface area (Å²) >= 11 is 0. The van der Waals surface area contributed by atoms with E-state index in [1.807, 2.05) is 0 Å². The van der Waals surface area contributed by atoms with Crippen LogP contribution in [-0.4, -0.2) is 61.0 Å². The van der Waals surface area contributed by atoms with Crippen molar-refractivity contribution in [3.8, 4) is 0 Å². The summed E-state index contributed by atoms with van der Waals surface area (Å²) in [6, 6.07) is 0. The highest BCUT2D eigenvalue weighted by molar-refractivity contribution is 5.84. The number of hydrogen-bond acceptors (Lipinski definition) is 4. The van der Waals surface area contributed by atoms with Gasteiger partial charge < -0.3 is 16.4 Å². The van der Waals surface area contributed by atoms with Crippen molar-refractivity contribution in [2.75, 3.05) is 39.8 Å². The molecular formula is C9H20N4O. The summed E-state index contributed by atoms with van der Waals surface area (Å²) in [5.41, 5.74) is 10.1. The third-order valence-corrected chi connectivity index (χ3v) is 2.71. The molecule has 5 nitrogen and oxygen atoms in total. The summed E-state index contributed by atoms with van der Waals surface area (Å²) in [7, 11) is 2.09. The summed E-state index contributed by atoms with van der Waals surface area (Å²) in [6.07, 6.45) is 0. The number of carbonyl (C=O) groups is 1. The summed E-state index contributed by atoms with van der Waals surface area (Å²) in [5.74, 6) is -0.434. The van der Waals surface area contributed by atoms with Gasteiger partial charge in [-0.05, 0) is 14.0 Å². The Kier molecular flexibility index (Phi) is 3.47. The zero-order valence-corrected chi connectivity index (χ0v) is 8.99. The smallest absolute Gasteiger partial charge is 0.238 e. The van der Waals surface area contributed by atoms with Crippen LogP contribution in [0.2, 0.25) is 0 Å². The fourth-order valence-corrected chi connectivity index (χ4v) is 1.55. The maximum atomic E-state index is 11.0. The van der Waals surface area contributed by atoms with Crippen LogP contribution in [-0.2, 0) is 4.79 Å². The summed E-state index contributed by atoms with van der Waals surface area (Å²) in [4.78, 5) is 15.5. The lowest BCUT2D eigenvalue weighted by atomic mass is 10.0. The highest BCUT2D eigenvalue weighted by Gasteiger charge is 2.29. The molecular weight excluding hydrogens is 180 g/mol. The molecule has 1 fully saturated rings. The Hall–Kier alpha value is -0.650. The number of rotatable bonds is 3. The normalized spacial score (nSPS) is 24.5. The van der Waals surface area contributed by atoms with E-state index in [0.717, 1.165) is 26.2 Å². The van der Waals surface area contributed by atoms with E-state index in [4.69, 9.17) is 11.5 Å². The van der Waals surface area contributed by atoms with Crippen molar-refractivity contribution in [1.82, 2.24) is 9.80 Å². The Bertz CT molecular complexity index is 209. The fraction of sp³-hybridized carbons (Fsp3) is 0.889. The molecule has 82 valence electrons. The van der Waals surface area contributed by atoms with Crippen molar-refractivity contribution in [1.29, 1.82) is 0 Å². The SMILES string of the molecule is CN1CCN(CC(C)(N)C(N)=O)CC1. The number of nitrogens with two attached hydrogens (primary N) is 2. The van der Waals surface area contributed by atoms with Gasteiger partial charge in [-0.25, -0.2) is 0 Å². The van der Waals surface area contributed by atoms with Crippen LogP contribution in [0.4, 0.5) is 0 Å². The first-order valence-corrected chi connectivity index (χ1v) is 4.91. The van der Waals surface area contributed by atoms with Crippen LogP contribution < -0.4 is 11.5 Å². The predicted octanol–water partition coefficient (Wildman–Crippen LogP) is -1.56. The Labute approximate surface area is 85.0 Å². The van der Waals surface area contributed by atoms with Gasteiger partial charge in [0, 0.05) is 32.7 Å². The topological polar surface area (TPSA) is 75.6 Å². The van der Waals surface area contributed by atoms with Crippen LogP contribution in [0.3, 0.4) is 0 Å². The Morgan fingerprint density at radius 2 is 1.86 bits per heavy atom. The molecule has 0 bridgehead atoms. The third kappa shape index (κ3) is 2.94. The standard InChI is InChI=1S/C9H20N4O/c1-9(11,8(10)14)7-13-5-3-12(2)4-6-13/h3-7,11H2,1-2H3,(H2,10,14). The van der Waals surface area contributed by atoms with Crippen LogP contribution in [0.15, 0.2) is 0 Å². The minimum Gasteiger partial charge on any atom is -0.368 e. The zero-order valence-electron chi connectivity index (χ0n) is 8.99. The molecule has 1 heterocycles. The van der Waals surface area contributed by atoms with Crippen molar-refractivity contribution < 1.29 is 4.79 Å². The fourth-order valence-electron chi connectivity index (χ4n) is 1.55. The molecule has 1 amide bonds. The van der Waals surface area contributed by atoms with Gasteiger partial charge in [0.15, 0.2) is 0 Å².